The van der Waals surface area contributed by atoms with Gasteiger partial charge in [-0.25, -0.2) is 0 Å². The van der Waals surface area contributed by atoms with E-state index in [9.17, 15) is 0 Å². The zero-order chi connectivity index (χ0) is 10.6. The SMILES string of the molecule is CCCCCCC1(C)O[C@@H](C)[C@H](C)O1. The van der Waals surface area contributed by atoms with E-state index in [0.29, 0.717) is 0 Å². The van der Waals surface area contributed by atoms with Gasteiger partial charge in [-0.3, -0.25) is 0 Å². The lowest BCUT2D eigenvalue weighted by Crippen LogP contribution is -2.26. The maximum Gasteiger partial charge on any atom is 0.166 e. The summed E-state index contributed by atoms with van der Waals surface area (Å²) in [5.41, 5.74) is 0. The summed E-state index contributed by atoms with van der Waals surface area (Å²) in [4.78, 5) is 0. The van der Waals surface area contributed by atoms with Crippen LogP contribution in [0.5, 0.6) is 0 Å². The highest BCUT2D eigenvalue weighted by Gasteiger charge is 2.39. The molecule has 0 unspecified atom stereocenters. The van der Waals surface area contributed by atoms with E-state index in [2.05, 4.69) is 27.7 Å². The molecule has 2 heteroatoms. The summed E-state index contributed by atoms with van der Waals surface area (Å²) in [6, 6.07) is 0. The second kappa shape index (κ2) is 5.13. The van der Waals surface area contributed by atoms with Gasteiger partial charge in [0.2, 0.25) is 0 Å². The molecule has 1 heterocycles. The standard InChI is InChI=1S/C12H24O2/c1-5-6-7-8-9-12(4)13-10(2)11(3)14-12/h10-11H,5-9H2,1-4H3/t10-,11-/m0/s1. The first kappa shape index (κ1) is 12.0. The minimum absolute atomic E-state index is 0.242. The van der Waals surface area contributed by atoms with Crippen LogP contribution in [0.15, 0.2) is 0 Å². The van der Waals surface area contributed by atoms with E-state index < -0.39 is 0 Å². The van der Waals surface area contributed by atoms with Crippen molar-refractivity contribution in [3.8, 4) is 0 Å². The molecule has 0 aliphatic carbocycles. The maximum atomic E-state index is 5.82. The van der Waals surface area contributed by atoms with E-state index in [1.807, 2.05) is 0 Å². The topological polar surface area (TPSA) is 18.5 Å². The Morgan fingerprint density at radius 3 is 2.07 bits per heavy atom. The Balaban J connectivity index is 2.23. The van der Waals surface area contributed by atoms with Crippen LogP contribution in [0.25, 0.3) is 0 Å². The van der Waals surface area contributed by atoms with E-state index in [1.165, 1.54) is 25.7 Å². The first-order valence-electron chi connectivity index (χ1n) is 5.93. The molecule has 0 N–H and O–H groups in total. The fraction of sp³-hybridized carbons (Fsp3) is 1.00. The quantitative estimate of drug-likeness (QED) is 0.632. The number of ether oxygens (including phenoxy) is 2. The lowest BCUT2D eigenvalue weighted by Gasteiger charge is -2.23. The van der Waals surface area contributed by atoms with Crippen molar-refractivity contribution >= 4 is 0 Å². The molecular weight excluding hydrogens is 176 g/mol. The van der Waals surface area contributed by atoms with Gasteiger partial charge in [0.25, 0.3) is 0 Å². The monoisotopic (exact) mass is 200 g/mol. The molecule has 1 rings (SSSR count). The molecule has 14 heavy (non-hydrogen) atoms. The summed E-state index contributed by atoms with van der Waals surface area (Å²) in [5, 5.41) is 0. The van der Waals surface area contributed by atoms with Gasteiger partial charge in [-0.15, -0.1) is 0 Å². The van der Waals surface area contributed by atoms with Crippen molar-refractivity contribution in [3.63, 3.8) is 0 Å². The molecule has 0 aromatic rings. The van der Waals surface area contributed by atoms with Gasteiger partial charge in [0.1, 0.15) is 0 Å². The van der Waals surface area contributed by atoms with Gasteiger partial charge in [-0.2, -0.15) is 0 Å². The largest absolute Gasteiger partial charge is 0.345 e. The summed E-state index contributed by atoms with van der Waals surface area (Å²) >= 11 is 0. The first-order chi connectivity index (χ1) is 6.57. The van der Waals surface area contributed by atoms with E-state index >= 15 is 0 Å². The smallest absolute Gasteiger partial charge is 0.166 e. The normalized spacial score (nSPS) is 30.9. The van der Waals surface area contributed by atoms with E-state index in [1.54, 1.807) is 0 Å². The summed E-state index contributed by atoms with van der Waals surface area (Å²) in [7, 11) is 0. The Morgan fingerprint density at radius 2 is 1.57 bits per heavy atom. The highest BCUT2D eigenvalue weighted by Crippen LogP contribution is 2.32. The van der Waals surface area contributed by atoms with Crippen molar-refractivity contribution in [1.82, 2.24) is 0 Å². The van der Waals surface area contributed by atoms with Crippen LogP contribution in [0.1, 0.15) is 59.8 Å². The second-order valence-corrected chi connectivity index (χ2v) is 4.59. The molecule has 0 bridgehead atoms. The minimum atomic E-state index is -0.313. The first-order valence-corrected chi connectivity index (χ1v) is 5.93. The van der Waals surface area contributed by atoms with Gasteiger partial charge in [-0.1, -0.05) is 26.2 Å². The van der Waals surface area contributed by atoms with Crippen molar-refractivity contribution in [2.24, 2.45) is 0 Å². The van der Waals surface area contributed by atoms with E-state index in [-0.39, 0.29) is 18.0 Å². The van der Waals surface area contributed by atoms with E-state index in [0.717, 1.165) is 6.42 Å². The van der Waals surface area contributed by atoms with Gasteiger partial charge in [-0.05, 0) is 27.2 Å². The fourth-order valence-electron chi connectivity index (χ4n) is 2.00. The average molecular weight is 200 g/mol. The number of hydrogen-bond acceptors (Lipinski definition) is 2. The number of rotatable bonds is 5. The van der Waals surface area contributed by atoms with Crippen molar-refractivity contribution in [1.29, 1.82) is 0 Å². The number of hydrogen-bond donors (Lipinski definition) is 0. The molecule has 0 amide bonds. The minimum Gasteiger partial charge on any atom is -0.345 e. The third kappa shape index (κ3) is 3.25. The highest BCUT2D eigenvalue weighted by atomic mass is 16.7. The van der Waals surface area contributed by atoms with E-state index in [4.69, 9.17) is 9.47 Å². The van der Waals surface area contributed by atoms with Crippen LogP contribution in [-0.4, -0.2) is 18.0 Å². The van der Waals surface area contributed by atoms with Crippen molar-refractivity contribution in [2.45, 2.75) is 77.8 Å². The van der Waals surface area contributed by atoms with Crippen LogP contribution in [0.4, 0.5) is 0 Å². The third-order valence-corrected chi connectivity index (χ3v) is 3.02. The summed E-state index contributed by atoms with van der Waals surface area (Å²) in [6.07, 6.45) is 6.62. The maximum absolute atomic E-state index is 5.82. The molecule has 1 fully saturated rings. The Morgan fingerprint density at radius 1 is 1.00 bits per heavy atom. The van der Waals surface area contributed by atoms with Gasteiger partial charge >= 0.3 is 0 Å². The molecule has 1 aliphatic heterocycles. The van der Waals surface area contributed by atoms with Gasteiger partial charge in [0, 0.05) is 6.42 Å². The molecule has 2 nitrogen and oxygen atoms in total. The summed E-state index contributed by atoms with van der Waals surface area (Å²) in [5.74, 6) is -0.313. The Labute approximate surface area is 88.0 Å². The van der Waals surface area contributed by atoms with Crippen LogP contribution in [-0.2, 0) is 9.47 Å². The zero-order valence-electron chi connectivity index (χ0n) is 10.0. The van der Waals surface area contributed by atoms with Crippen molar-refractivity contribution in [2.75, 3.05) is 0 Å². The lowest BCUT2D eigenvalue weighted by molar-refractivity contribution is -0.164. The van der Waals surface area contributed by atoms with Crippen LogP contribution >= 0.6 is 0 Å². The molecular formula is C12H24O2. The Kier molecular flexibility index (Phi) is 4.39. The molecule has 0 aromatic heterocycles. The van der Waals surface area contributed by atoms with Gasteiger partial charge in [0.05, 0.1) is 12.2 Å². The fourth-order valence-corrected chi connectivity index (χ4v) is 2.00. The predicted octanol–water partition coefficient (Wildman–Crippen LogP) is 3.50. The number of unbranched alkanes of at least 4 members (excludes halogenated alkanes) is 3. The molecule has 0 radical (unpaired) electrons. The molecule has 84 valence electrons. The molecule has 0 spiro atoms. The van der Waals surface area contributed by atoms with Gasteiger partial charge < -0.3 is 9.47 Å². The van der Waals surface area contributed by atoms with Crippen LogP contribution in [0.3, 0.4) is 0 Å². The van der Waals surface area contributed by atoms with Crippen molar-refractivity contribution in [3.05, 3.63) is 0 Å². The summed E-state index contributed by atoms with van der Waals surface area (Å²) in [6.45, 7) is 8.47. The second-order valence-electron chi connectivity index (χ2n) is 4.59. The third-order valence-electron chi connectivity index (χ3n) is 3.02. The Hall–Kier alpha value is -0.0800. The molecule has 2 atom stereocenters. The van der Waals surface area contributed by atoms with Crippen LogP contribution in [0.2, 0.25) is 0 Å². The molecule has 0 saturated carbocycles. The lowest BCUT2D eigenvalue weighted by atomic mass is 10.1. The summed E-state index contributed by atoms with van der Waals surface area (Å²) < 4.78 is 11.6. The molecule has 1 aliphatic rings. The molecule has 1 saturated heterocycles. The zero-order valence-corrected chi connectivity index (χ0v) is 10.0. The average Bonchev–Trinajstić information content (AvgIpc) is 2.36. The predicted molar refractivity (Wildman–Crippen MR) is 58.3 cm³/mol. The van der Waals surface area contributed by atoms with Crippen LogP contribution in [0, 0.1) is 0 Å². The highest BCUT2D eigenvalue weighted by molar-refractivity contribution is 4.78. The van der Waals surface area contributed by atoms with Gasteiger partial charge in [0.15, 0.2) is 5.79 Å². The van der Waals surface area contributed by atoms with Crippen molar-refractivity contribution < 1.29 is 9.47 Å². The Bertz CT molecular complexity index is 158. The van der Waals surface area contributed by atoms with Crippen LogP contribution < -0.4 is 0 Å². The molecule has 0 aromatic carbocycles.